The fraction of sp³-hybridized carbons (Fsp3) is 0.385. The van der Waals surface area contributed by atoms with Gasteiger partial charge in [-0.1, -0.05) is 6.08 Å². The Morgan fingerprint density at radius 1 is 1.00 bits per heavy atom. The average Bonchev–Trinajstić information content (AvgIpc) is 2.64. The van der Waals surface area contributed by atoms with Crippen LogP contribution in [0.2, 0.25) is 0 Å². The van der Waals surface area contributed by atoms with E-state index in [2.05, 4.69) is 19.2 Å². The van der Waals surface area contributed by atoms with Gasteiger partial charge in [-0.25, -0.2) is 19.4 Å². The summed E-state index contributed by atoms with van der Waals surface area (Å²) in [4.78, 5) is 39.0. The zero-order valence-corrected chi connectivity index (χ0v) is 11.7. The van der Waals surface area contributed by atoms with Crippen molar-refractivity contribution in [2.24, 2.45) is 4.99 Å². The highest BCUT2D eigenvalue weighted by molar-refractivity contribution is 6.49. The molecule has 0 aliphatic carbocycles. The maximum Gasteiger partial charge on any atom is 0.357 e. The lowest BCUT2D eigenvalue weighted by Gasteiger charge is -2.07. The zero-order valence-electron chi connectivity index (χ0n) is 11.7. The Labute approximate surface area is 115 Å². The molecule has 0 N–H and O–H groups in total. The van der Waals surface area contributed by atoms with Gasteiger partial charge < -0.3 is 14.2 Å². The number of methoxy groups -OCH3 is 3. The van der Waals surface area contributed by atoms with Gasteiger partial charge in [0.2, 0.25) is 0 Å². The van der Waals surface area contributed by atoms with Crippen molar-refractivity contribution in [3.05, 3.63) is 22.9 Å². The topological polar surface area (TPSA) is 91.3 Å². The standard InChI is InChI=1S/C13H15NO6/c1-7-5-6-8(11(15)18-2)10(13(17)20-4)14-9(7)12(16)19-3/h6H,5H2,1-4H3. The predicted molar refractivity (Wildman–Crippen MR) is 68.9 cm³/mol. The molecule has 1 aliphatic heterocycles. The number of carbonyl (C=O) groups is 3. The van der Waals surface area contributed by atoms with E-state index in [9.17, 15) is 14.4 Å². The molecular formula is C13H15NO6. The van der Waals surface area contributed by atoms with Crippen LogP contribution in [0.5, 0.6) is 0 Å². The maximum atomic E-state index is 11.7. The number of rotatable bonds is 3. The van der Waals surface area contributed by atoms with E-state index in [-0.39, 0.29) is 23.4 Å². The second-order valence-electron chi connectivity index (χ2n) is 3.89. The first-order valence-corrected chi connectivity index (χ1v) is 5.70. The van der Waals surface area contributed by atoms with Gasteiger partial charge in [-0.2, -0.15) is 0 Å². The van der Waals surface area contributed by atoms with Crippen LogP contribution < -0.4 is 0 Å². The predicted octanol–water partition coefficient (Wildman–Crippen LogP) is 0.550. The molecule has 1 heterocycles. The third-order valence-electron chi connectivity index (χ3n) is 2.66. The Hall–Kier alpha value is -2.44. The van der Waals surface area contributed by atoms with Crippen molar-refractivity contribution in [3.8, 4) is 0 Å². The minimum Gasteiger partial charge on any atom is -0.465 e. The normalized spacial score (nSPS) is 14.8. The molecule has 7 heteroatoms. The summed E-state index contributed by atoms with van der Waals surface area (Å²) in [5, 5.41) is 0. The first-order valence-electron chi connectivity index (χ1n) is 5.70. The summed E-state index contributed by atoms with van der Waals surface area (Å²) < 4.78 is 13.8. The fourth-order valence-electron chi connectivity index (χ4n) is 1.57. The molecule has 0 atom stereocenters. The molecule has 0 radical (unpaired) electrons. The largest absolute Gasteiger partial charge is 0.465 e. The van der Waals surface area contributed by atoms with Crippen molar-refractivity contribution in [1.29, 1.82) is 0 Å². The van der Waals surface area contributed by atoms with E-state index in [0.717, 1.165) is 7.11 Å². The van der Waals surface area contributed by atoms with Crippen LogP contribution in [0, 0.1) is 0 Å². The van der Waals surface area contributed by atoms with Crippen LogP contribution in [-0.4, -0.2) is 44.9 Å². The van der Waals surface area contributed by atoms with Gasteiger partial charge in [-0.3, -0.25) is 0 Å². The lowest BCUT2D eigenvalue weighted by Crippen LogP contribution is -2.24. The molecule has 7 nitrogen and oxygen atoms in total. The number of carbonyl (C=O) groups excluding carboxylic acids is 3. The number of ether oxygens (including phenoxy) is 3. The first kappa shape index (κ1) is 15.6. The third kappa shape index (κ3) is 3.11. The number of esters is 3. The van der Waals surface area contributed by atoms with Crippen molar-refractivity contribution in [2.75, 3.05) is 21.3 Å². The van der Waals surface area contributed by atoms with Gasteiger partial charge in [0.15, 0.2) is 5.71 Å². The molecule has 0 spiro atoms. The summed E-state index contributed by atoms with van der Waals surface area (Å²) in [7, 11) is 3.54. The SMILES string of the molecule is COC(=O)C1=CCC(C)=C(C(=O)OC)N=C1C(=O)OC. The van der Waals surface area contributed by atoms with Crippen molar-refractivity contribution < 1.29 is 28.6 Å². The van der Waals surface area contributed by atoms with Gasteiger partial charge in [-0.05, 0) is 18.9 Å². The summed E-state index contributed by atoms with van der Waals surface area (Å²) in [6, 6.07) is 0. The van der Waals surface area contributed by atoms with E-state index >= 15 is 0 Å². The molecule has 0 amide bonds. The average molecular weight is 281 g/mol. The molecule has 0 unspecified atom stereocenters. The molecule has 0 aromatic rings. The highest BCUT2D eigenvalue weighted by Crippen LogP contribution is 2.20. The molecule has 1 aliphatic rings. The maximum absolute atomic E-state index is 11.7. The van der Waals surface area contributed by atoms with Crippen LogP contribution in [0.4, 0.5) is 0 Å². The Bertz CT molecular complexity index is 541. The van der Waals surface area contributed by atoms with Crippen LogP contribution in [-0.2, 0) is 28.6 Å². The lowest BCUT2D eigenvalue weighted by atomic mass is 10.1. The Balaban J connectivity index is 3.39. The third-order valence-corrected chi connectivity index (χ3v) is 2.66. The number of allylic oxidation sites excluding steroid dienone is 2. The molecule has 0 fully saturated rings. The first-order chi connectivity index (χ1) is 9.46. The van der Waals surface area contributed by atoms with Crippen molar-refractivity contribution in [2.45, 2.75) is 13.3 Å². The lowest BCUT2D eigenvalue weighted by molar-refractivity contribution is -0.137. The number of nitrogens with zero attached hydrogens (tertiary/aromatic N) is 1. The zero-order chi connectivity index (χ0) is 15.3. The second kappa shape index (κ2) is 6.65. The van der Waals surface area contributed by atoms with Gasteiger partial charge in [0, 0.05) is 0 Å². The van der Waals surface area contributed by atoms with Crippen LogP contribution in [0.15, 0.2) is 27.9 Å². The van der Waals surface area contributed by atoms with Crippen LogP contribution >= 0.6 is 0 Å². The van der Waals surface area contributed by atoms with Gasteiger partial charge >= 0.3 is 17.9 Å². The number of hydrogen-bond acceptors (Lipinski definition) is 7. The van der Waals surface area contributed by atoms with Crippen molar-refractivity contribution >= 4 is 23.6 Å². The van der Waals surface area contributed by atoms with Crippen molar-refractivity contribution in [3.63, 3.8) is 0 Å². The van der Waals surface area contributed by atoms with E-state index < -0.39 is 17.9 Å². The van der Waals surface area contributed by atoms with Gasteiger partial charge in [0.25, 0.3) is 0 Å². The molecular weight excluding hydrogens is 266 g/mol. The Morgan fingerprint density at radius 2 is 1.55 bits per heavy atom. The van der Waals surface area contributed by atoms with Gasteiger partial charge in [-0.15, -0.1) is 0 Å². The number of aliphatic imine (C=N–C) groups is 1. The van der Waals surface area contributed by atoms with E-state index in [0.29, 0.717) is 5.57 Å². The minimum atomic E-state index is -0.835. The quantitative estimate of drug-likeness (QED) is 0.554. The summed E-state index contributed by atoms with van der Waals surface area (Å²) in [6.45, 7) is 1.65. The Morgan fingerprint density at radius 3 is 2.05 bits per heavy atom. The Kier molecular flexibility index (Phi) is 5.19. The van der Waals surface area contributed by atoms with E-state index in [4.69, 9.17) is 0 Å². The van der Waals surface area contributed by atoms with E-state index in [1.807, 2.05) is 0 Å². The smallest absolute Gasteiger partial charge is 0.357 e. The summed E-state index contributed by atoms with van der Waals surface area (Å²) in [5.74, 6) is -2.26. The summed E-state index contributed by atoms with van der Waals surface area (Å²) in [5.41, 5.74) is 0.217. The van der Waals surface area contributed by atoms with Crippen LogP contribution in [0.3, 0.4) is 0 Å². The molecule has 1 rings (SSSR count). The van der Waals surface area contributed by atoms with Crippen LogP contribution in [0.25, 0.3) is 0 Å². The summed E-state index contributed by atoms with van der Waals surface area (Å²) >= 11 is 0. The molecule has 0 bridgehead atoms. The fourth-order valence-corrected chi connectivity index (χ4v) is 1.57. The van der Waals surface area contributed by atoms with E-state index in [1.165, 1.54) is 20.3 Å². The molecule has 108 valence electrons. The van der Waals surface area contributed by atoms with Crippen molar-refractivity contribution in [1.82, 2.24) is 0 Å². The number of hydrogen-bond donors (Lipinski definition) is 0. The van der Waals surface area contributed by atoms with Gasteiger partial charge in [0.05, 0.1) is 26.9 Å². The van der Waals surface area contributed by atoms with Gasteiger partial charge in [0.1, 0.15) is 5.70 Å². The minimum absolute atomic E-state index is 0.0250. The molecule has 0 aromatic carbocycles. The highest BCUT2D eigenvalue weighted by Gasteiger charge is 2.28. The van der Waals surface area contributed by atoms with Crippen LogP contribution in [0.1, 0.15) is 13.3 Å². The summed E-state index contributed by atoms with van der Waals surface area (Å²) in [6.07, 6.45) is 1.73. The highest BCUT2D eigenvalue weighted by atomic mass is 16.5. The van der Waals surface area contributed by atoms with E-state index in [1.54, 1.807) is 6.92 Å². The molecule has 0 saturated carbocycles. The monoisotopic (exact) mass is 281 g/mol. The molecule has 20 heavy (non-hydrogen) atoms. The second-order valence-corrected chi connectivity index (χ2v) is 3.89. The molecule has 0 saturated heterocycles. The molecule has 0 aromatic heterocycles.